The molecule has 1 unspecified atom stereocenters. The molecule has 1 N–H and O–H groups in total. The lowest BCUT2D eigenvalue weighted by atomic mass is 9.95. The quantitative estimate of drug-likeness (QED) is 0.406. The number of benzene rings is 2. The van der Waals surface area contributed by atoms with E-state index < -0.39 is 17.7 Å². The maximum absolute atomic E-state index is 13.4. The highest BCUT2D eigenvalue weighted by Crippen LogP contribution is 2.39. The van der Waals surface area contributed by atoms with E-state index in [0.29, 0.717) is 38.0 Å². The van der Waals surface area contributed by atoms with Crippen molar-refractivity contribution < 1.29 is 24.2 Å². The zero-order chi connectivity index (χ0) is 26.9. The average molecular weight is 519 g/mol. The Morgan fingerprint density at radius 1 is 1.11 bits per heavy atom. The summed E-state index contributed by atoms with van der Waals surface area (Å²) >= 11 is 0. The van der Waals surface area contributed by atoms with Crippen LogP contribution in [-0.2, 0) is 14.3 Å². The molecule has 2 aromatic carbocycles. The summed E-state index contributed by atoms with van der Waals surface area (Å²) in [6.07, 6.45) is 4.79. The van der Waals surface area contributed by atoms with Crippen LogP contribution in [0.25, 0.3) is 6.08 Å². The van der Waals surface area contributed by atoms with Crippen LogP contribution in [0.4, 0.5) is 0 Å². The summed E-state index contributed by atoms with van der Waals surface area (Å²) in [4.78, 5) is 30.6. The Hall–Kier alpha value is -3.42. The molecule has 0 aliphatic carbocycles. The van der Waals surface area contributed by atoms with E-state index in [2.05, 4.69) is 18.7 Å². The van der Waals surface area contributed by atoms with E-state index in [1.807, 2.05) is 54.6 Å². The molecule has 0 saturated carbocycles. The van der Waals surface area contributed by atoms with Gasteiger partial charge in [0, 0.05) is 26.2 Å². The van der Waals surface area contributed by atoms with Gasteiger partial charge in [-0.1, -0.05) is 62.4 Å². The summed E-state index contributed by atoms with van der Waals surface area (Å²) in [6.45, 7) is 9.27. The lowest BCUT2D eigenvalue weighted by molar-refractivity contribution is -0.129. The molecule has 0 radical (unpaired) electrons. The fourth-order valence-corrected chi connectivity index (χ4v) is 4.78. The van der Waals surface area contributed by atoms with Crippen molar-refractivity contribution >= 4 is 17.8 Å². The van der Waals surface area contributed by atoms with Gasteiger partial charge in [0.2, 0.25) is 0 Å². The molecule has 2 aliphatic rings. The van der Waals surface area contributed by atoms with Gasteiger partial charge in [0.25, 0.3) is 5.91 Å². The molecular weight excluding hydrogens is 480 g/mol. The molecule has 2 aliphatic heterocycles. The number of carbonyl (C=O) groups is 2. The minimum Gasteiger partial charge on any atom is -0.503 e. The van der Waals surface area contributed by atoms with Crippen LogP contribution in [-0.4, -0.2) is 72.6 Å². The highest BCUT2D eigenvalue weighted by atomic mass is 16.5. The number of rotatable bonds is 12. The van der Waals surface area contributed by atoms with E-state index in [0.717, 1.165) is 43.6 Å². The molecule has 4 rings (SSSR count). The molecule has 38 heavy (non-hydrogen) atoms. The fourth-order valence-electron chi connectivity index (χ4n) is 4.78. The first kappa shape index (κ1) is 27.6. The van der Waals surface area contributed by atoms with E-state index >= 15 is 0 Å². The molecule has 1 amide bonds. The molecule has 7 heteroatoms. The average Bonchev–Trinajstić information content (AvgIpc) is 3.18. The van der Waals surface area contributed by atoms with Crippen LogP contribution in [0.1, 0.15) is 43.9 Å². The highest BCUT2D eigenvalue weighted by molar-refractivity contribution is 6.14. The number of hydrogen-bond acceptors (Lipinski definition) is 6. The lowest BCUT2D eigenvalue weighted by Gasteiger charge is -2.30. The SMILES string of the molecule is CC(C)CCOc1cccc(C2C(C(=O)/C=C/c3ccccc3)=C(O)C(=O)N2CCCN2CCOCC2)c1. The third kappa shape index (κ3) is 7.11. The third-order valence-electron chi connectivity index (χ3n) is 6.91. The number of allylic oxidation sites excluding steroid dienone is 1. The van der Waals surface area contributed by atoms with Crippen LogP contribution >= 0.6 is 0 Å². The standard InChI is InChI=1S/C31H38N2O5/c1-23(2)14-19-38-26-11-6-10-25(22-26)29-28(27(34)13-12-24-8-4-3-5-9-24)30(35)31(36)33(29)16-7-15-32-17-20-37-21-18-32/h3-6,8-13,22-23,29,35H,7,14-21H2,1-2H3/b13-12+. The van der Waals surface area contributed by atoms with Crippen LogP contribution in [0.15, 0.2) is 72.0 Å². The van der Waals surface area contributed by atoms with E-state index in [9.17, 15) is 14.7 Å². The molecular formula is C31H38N2O5. The topological polar surface area (TPSA) is 79.3 Å². The first-order valence-corrected chi connectivity index (χ1v) is 13.5. The number of ketones is 1. The summed E-state index contributed by atoms with van der Waals surface area (Å²) in [7, 11) is 0. The zero-order valence-corrected chi connectivity index (χ0v) is 22.3. The van der Waals surface area contributed by atoms with Gasteiger partial charge in [-0.25, -0.2) is 0 Å². The Balaban J connectivity index is 1.58. The van der Waals surface area contributed by atoms with Crippen molar-refractivity contribution in [2.45, 2.75) is 32.7 Å². The smallest absolute Gasteiger partial charge is 0.290 e. The van der Waals surface area contributed by atoms with E-state index in [1.54, 1.807) is 11.0 Å². The summed E-state index contributed by atoms with van der Waals surface area (Å²) < 4.78 is 11.4. The second-order valence-corrected chi connectivity index (χ2v) is 10.2. The number of morpholine rings is 1. The number of aliphatic hydroxyl groups is 1. The second kappa shape index (κ2) is 13.4. The van der Waals surface area contributed by atoms with E-state index in [-0.39, 0.29) is 11.4 Å². The van der Waals surface area contributed by atoms with Crippen LogP contribution in [0, 0.1) is 5.92 Å². The van der Waals surface area contributed by atoms with Crippen LogP contribution in [0.2, 0.25) is 0 Å². The number of ether oxygens (including phenoxy) is 2. The maximum atomic E-state index is 13.4. The molecule has 7 nitrogen and oxygen atoms in total. The molecule has 1 saturated heterocycles. The van der Waals surface area contributed by atoms with Crippen molar-refractivity contribution in [3.8, 4) is 5.75 Å². The van der Waals surface area contributed by atoms with Gasteiger partial charge in [0.05, 0.1) is 31.4 Å². The number of carbonyl (C=O) groups excluding carboxylic acids is 2. The number of amides is 1. The van der Waals surface area contributed by atoms with Gasteiger partial charge in [0.1, 0.15) is 5.75 Å². The predicted molar refractivity (Wildman–Crippen MR) is 148 cm³/mol. The van der Waals surface area contributed by atoms with Crippen molar-refractivity contribution in [2.24, 2.45) is 5.92 Å². The first-order chi connectivity index (χ1) is 18.4. The zero-order valence-electron chi connectivity index (χ0n) is 22.3. The molecule has 0 aromatic heterocycles. The number of hydrogen-bond donors (Lipinski definition) is 1. The van der Waals surface area contributed by atoms with Crippen molar-refractivity contribution in [3.05, 3.63) is 83.1 Å². The summed E-state index contributed by atoms with van der Waals surface area (Å²) in [6, 6.07) is 16.3. The maximum Gasteiger partial charge on any atom is 0.290 e. The van der Waals surface area contributed by atoms with Crippen molar-refractivity contribution in [3.63, 3.8) is 0 Å². The molecule has 0 bridgehead atoms. The second-order valence-electron chi connectivity index (χ2n) is 10.2. The fraction of sp³-hybridized carbons (Fsp3) is 0.419. The Bertz CT molecular complexity index is 1150. The Morgan fingerprint density at radius 2 is 1.87 bits per heavy atom. The van der Waals surface area contributed by atoms with E-state index in [1.165, 1.54) is 6.08 Å². The van der Waals surface area contributed by atoms with Gasteiger partial charge < -0.3 is 19.5 Å². The number of nitrogens with zero attached hydrogens (tertiary/aromatic N) is 2. The Labute approximate surface area is 225 Å². The highest BCUT2D eigenvalue weighted by Gasteiger charge is 2.42. The van der Waals surface area contributed by atoms with Crippen molar-refractivity contribution in [1.29, 1.82) is 0 Å². The van der Waals surface area contributed by atoms with Gasteiger partial charge in [-0.3, -0.25) is 14.5 Å². The van der Waals surface area contributed by atoms with Crippen molar-refractivity contribution in [1.82, 2.24) is 9.80 Å². The molecule has 202 valence electrons. The first-order valence-electron chi connectivity index (χ1n) is 13.5. The normalized spacial score (nSPS) is 18.7. The van der Waals surface area contributed by atoms with Gasteiger partial charge in [-0.2, -0.15) is 0 Å². The molecule has 2 heterocycles. The monoisotopic (exact) mass is 518 g/mol. The minimum atomic E-state index is -0.686. The summed E-state index contributed by atoms with van der Waals surface area (Å²) in [5.74, 6) is -0.170. The molecule has 2 aromatic rings. The van der Waals surface area contributed by atoms with Crippen LogP contribution < -0.4 is 4.74 Å². The third-order valence-corrected chi connectivity index (χ3v) is 6.91. The Morgan fingerprint density at radius 3 is 2.61 bits per heavy atom. The predicted octanol–water partition coefficient (Wildman–Crippen LogP) is 4.81. The number of aliphatic hydroxyl groups excluding tert-OH is 1. The van der Waals surface area contributed by atoms with Crippen molar-refractivity contribution in [2.75, 3.05) is 46.0 Å². The summed E-state index contributed by atoms with van der Waals surface area (Å²) in [5.41, 5.74) is 1.71. The Kier molecular flexibility index (Phi) is 9.73. The molecule has 1 atom stereocenters. The van der Waals surface area contributed by atoms with Gasteiger partial charge in [-0.05, 0) is 48.1 Å². The molecule has 0 spiro atoms. The minimum absolute atomic E-state index is 0.105. The lowest BCUT2D eigenvalue weighted by Crippen LogP contribution is -2.39. The van der Waals surface area contributed by atoms with Crippen LogP contribution in [0.3, 0.4) is 0 Å². The molecule has 1 fully saturated rings. The van der Waals surface area contributed by atoms with Gasteiger partial charge in [0.15, 0.2) is 11.5 Å². The largest absolute Gasteiger partial charge is 0.503 e. The summed E-state index contributed by atoms with van der Waals surface area (Å²) in [5, 5.41) is 10.9. The van der Waals surface area contributed by atoms with Crippen LogP contribution in [0.5, 0.6) is 5.75 Å². The van der Waals surface area contributed by atoms with Gasteiger partial charge in [-0.15, -0.1) is 0 Å². The van der Waals surface area contributed by atoms with E-state index in [4.69, 9.17) is 9.47 Å². The van der Waals surface area contributed by atoms with Gasteiger partial charge >= 0.3 is 0 Å².